The minimum Gasteiger partial charge on any atom is -0.351 e. The van der Waals surface area contributed by atoms with Gasteiger partial charge in [-0.3, -0.25) is 4.79 Å². The fourth-order valence-electron chi connectivity index (χ4n) is 4.13. The van der Waals surface area contributed by atoms with Gasteiger partial charge in [-0.1, -0.05) is 55.8 Å². The van der Waals surface area contributed by atoms with Crippen LogP contribution in [0.4, 0.5) is 0 Å². The van der Waals surface area contributed by atoms with Crippen molar-refractivity contribution in [2.75, 3.05) is 0 Å². The van der Waals surface area contributed by atoms with E-state index in [1.54, 1.807) is 0 Å². The molecule has 0 heterocycles. The van der Waals surface area contributed by atoms with Gasteiger partial charge in [-0.05, 0) is 42.2 Å². The molecule has 0 spiro atoms. The number of nitrogens with one attached hydrogen (secondary N) is 1. The summed E-state index contributed by atoms with van der Waals surface area (Å²) in [5, 5.41) is 3.78. The Hall–Kier alpha value is -1.28. The van der Waals surface area contributed by atoms with Gasteiger partial charge in [-0.15, -0.1) is 0 Å². The van der Waals surface area contributed by atoms with E-state index in [2.05, 4.69) is 25.7 Å². The third kappa shape index (κ3) is 2.12. The molecular weight excluding hydrogens is 282 g/mol. The molecule has 3 heteroatoms. The standard InChI is InChI=1S/C18H22ClNO/c1-12-17(2,3)14-8-9-18(12,10-14)16(21)20-11-13-6-4-5-7-15(13)19/h4-7,14H,1,8-11H2,2-3H3,(H,20,21)/t14-,18+/m1/s1. The van der Waals surface area contributed by atoms with Crippen LogP contribution in [0.2, 0.25) is 5.02 Å². The van der Waals surface area contributed by atoms with Crippen LogP contribution in [0.15, 0.2) is 36.4 Å². The Balaban J connectivity index is 1.75. The van der Waals surface area contributed by atoms with Crippen molar-refractivity contribution < 1.29 is 4.79 Å². The van der Waals surface area contributed by atoms with Gasteiger partial charge >= 0.3 is 0 Å². The molecule has 2 nitrogen and oxygen atoms in total. The molecule has 1 aromatic rings. The normalized spacial score (nSPS) is 29.7. The van der Waals surface area contributed by atoms with Crippen molar-refractivity contribution in [2.24, 2.45) is 16.7 Å². The van der Waals surface area contributed by atoms with Crippen LogP contribution in [0.5, 0.6) is 0 Å². The van der Waals surface area contributed by atoms with Gasteiger partial charge in [0.15, 0.2) is 0 Å². The SMILES string of the molecule is C=C1C(C)(C)[C@@H]2CC[C@]1(C(=O)NCc1ccccc1Cl)C2. The number of carbonyl (C=O) groups excluding carboxylic acids is 1. The number of carbonyl (C=O) groups is 1. The Morgan fingerprint density at radius 3 is 2.76 bits per heavy atom. The Labute approximate surface area is 131 Å². The fourth-order valence-corrected chi connectivity index (χ4v) is 4.33. The zero-order chi connectivity index (χ0) is 15.3. The van der Waals surface area contributed by atoms with E-state index in [1.165, 1.54) is 0 Å². The summed E-state index contributed by atoms with van der Waals surface area (Å²) in [5.74, 6) is 0.719. The van der Waals surface area contributed by atoms with Crippen LogP contribution in [-0.4, -0.2) is 5.91 Å². The smallest absolute Gasteiger partial charge is 0.230 e. The summed E-state index contributed by atoms with van der Waals surface area (Å²) in [6.07, 6.45) is 3.02. The molecule has 0 unspecified atom stereocenters. The molecule has 3 rings (SSSR count). The summed E-state index contributed by atoms with van der Waals surface area (Å²) < 4.78 is 0. The number of amides is 1. The van der Waals surface area contributed by atoms with Crippen LogP contribution in [0.3, 0.4) is 0 Å². The molecule has 2 aliphatic rings. The predicted molar refractivity (Wildman–Crippen MR) is 86.0 cm³/mol. The highest BCUT2D eigenvalue weighted by Crippen LogP contribution is 2.65. The molecule has 2 aliphatic carbocycles. The Morgan fingerprint density at radius 1 is 1.43 bits per heavy atom. The molecule has 2 fully saturated rings. The Kier molecular flexibility index (Phi) is 3.40. The zero-order valence-electron chi connectivity index (χ0n) is 12.7. The van der Waals surface area contributed by atoms with Crippen LogP contribution in [0, 0.1) is 16.7 Å². The number of benzene rings is 1. The number of hydrogen-bond donors (Lipinski definition) is 1. The summed E-state index contributed by atoms with van der Waals surface area (Å²) in [4.78, 5) is 12.8. The van der Waals surface area contributed by atoms with E-state index < -0.39 is 0 Å². The van der Waals surface area contributed by atoms with Crippen molar-refractivity contribution in [3.8, 4) is 0 Å². The van der Waals surface area contributed by atoms with Crippen LogP contribution in [-0.2, 0) is 11.3 Å². The lowest BCUT2D eigenvalue weighted by molar-refractivity contribution is -0.128. The van der Waals surface area contributed by atoms with Gasteiger partial charge in [0, 0.05) is 11.6 Å². The highest BCUT2D eigenvalue weighted by atomic mass is 35.5. The molecule has 0 radical (unpaired) electrons. The highest BCUT2D eigenvalue weighted by molar-refractivity contribution is 6.31. The van der Waals surface area contributed by atoms with E-state index in [0.717, 1.165) is 30.4 Å². The molecule has 2 atom stereocenters. The molecular formula is C18H22ClNO. The van der Waals surface area contributed by atoms with Crippen molar-refractivity contribution in [3.05, 3.63) is 47.0 Å². The fraction of sp³-hybridized carbons (Fsp3) is 0.500. The number of fused-ring (bicyclic) bond motifs is 2. The van der Waals surface area contributed by atoms with Crippen molar-refractivity contribution in [3.63, 3.8) is 0 Å². The number of halogens is 1. The van der Waals surface area contributed by atoms with Gasteiger partial charge in [0.05, 0.1) is 5.41 Å². The third-order valence-electron chi connectivity index (χ3n) is 5.72. The summed E-state index contributed by atoms with van der Waals surface area (Å²) in [5.41, 5.74) is 1.80. The average Bonchev–Trinajstić information content (AvgIpc) is 2.98. The molecule has 0 aromatic heterocycles. The summed E-state index contributed by atoms with van der Waals surface area (Å²) in [6, 6.07) is 7.64. The molecule has 2 saturated carbocycles. The van der Waals surface area contributed by atoms with Gasteiger partial charge in [-0.25, -0.2) is 0 Å². The van der Waals surface area contributed by atoms with Crippen LogP contribution < -0.4 is 5.32 Å². The van der Waals surface area contributed by atoms with Gasteiger partial charge in [0.25, 0.3) is 0 Å². The molecule has 21 heavy (non-hydrogen) atoms. The van der Waals surface area contributed by atoms with Gasteiger partial charge in [0.1, 0.15) is 0 Å². The lowest BCUT2D eigenvalue weighted by Gasteiger charge is -2.37. The molecule has 1 N–H and O–H groups in total. The minimum absolute atomic E-state index is 0.0833. The first-order valence-electron chi connectivity index (χ1n) is 7.59. The predicted octanol–water partition coefficient (Wildman–Crippen LogP) is 4.34. The van der Waals surface area contributed by atoms with Crippen LogP contribution in [0.25, 0.3) is 0 Å². The van der Waals surface area contributed by atoms with Gasteiger partial charge in [-0.2, -0.15) is 0 Å². The largest absolute Gasteiger partial charge is 0.351 e. The summed E-state index contributed by atoms with van der Waals surface area (Å²) in [6.45, 7) is 9.20. The zero-order valence-corrected chi connectivity index (χ0v) is 13.5. The lowest BCUT2D eigenvalue weighted by Crippen LogP contribution is -2.41. The van der Waals surface area contributed by atoms with E-state index in [9.17, 15) is 4.79 Å². The van der Waals surface area contributed by atoms with E-state index in [-0.39, 0.29) is 16.7 Å². The van der Waals surface area contributed by atoms with E-state index in [0.29, 0.717) is 17.5 Å². The maximum absolute atomic E-state index is 12.8. The maximum Gasteiger partial charge on any atom is 0.230 e. The number of rotatable bonds is 3. The molecule has 2 bridgehead atoms. The second-order valence-corrected chi connectivity index (χ2v) is 7.40. The first-order valence-corrected chi connectivity index (χ1v) is 7.97. The third-order valence-corrected chi connectivity index (χ3v) is 6.09. The van der Waals surface area contributed by atoms with Crippen LogP contribution >= 0.6 is 11.6 Å². The molecule has 0 saturated heterocycles. The molecule has 1 aromatic carbocycles. The minimum atomic E-state index is -0.352. The van der Waals surface area contributed by atoms with Crippen LogP contribution in [0.1, 0.15) is 38.7 Å². The topological polar surface area (TPSA) is 29.1 Å². The van der Waals surface area contributed by atoms with Crippen molar-refractivity contribution in [1.82, 2.24) is 5.32 Å². The molecule has 0 aliphatic heterocycles. The van der Waals surface area contributed by atoms with E-state index >= 15 is 0 Å². The second-order valence-electron chi connectivity index (χ2n) is 7.00. The van der Waals surface area contributed by atoms with E-state index in [4.69, 9.17) is 11.6 Å². The van der Waals surface area contributed by atoms with Gasteiger partial charge in [0.2, 0.25) is 5.91 Å². The van der Waals surface area contributed by atoms with Crippen molar-refractivity contribution in [2.45, 2.75) is 39.7 Å². The van der Waals surface area contributed by atoms with Crippen molar-refractivity contribution >= 4 is 17.5 Å². The summed E-state index contributed by atoms with van der Waals surface area (Å²) in [7, 11) is 0. The molecule has 112 valence electrons. The summed E-state index contributed by atoms with van der Waals surface area (Å²) >= 11 is 6.15. The van der Waals surface area contributed by atoms with E-state index in [1.807, 2.05) is 24.3 Å². The molecule has 1 amide bonds. The van der Waals surface area contributed by atoms with Gasteiger partial charge < -0.3 is 5.32 Å². The first kappa shape index (κ1) is 14.6. The Bertz CT molecular complexity index is 607. The lowest BCUT2D eigenvalue weighted by atomic mass is 9.68. The average molecular weight is 304 g/mol. The van der Waals surface area contributed by atoms with Crippen molar-refractivity contribution in [1.29, 1.82) is 0 Å². The first-order chi connectivity index (χ1) is 9.88. The monoisotopic (exact) mass is 303 g/mol. The maximum atomic E-state index is 12.8. The Morgan fingerprint density at radius 2 is 2.14 bits per heavy atom. The number of hydrogen-bond acceptors (Lipinski definition) is 1. The quantitative estimate of drug-likeness (QED) is 0.827. The highest BCUT2D eigenvalue weighted by Gasteiger charge is 2.60. The second kappa shape index (κ2) is 4.88.